The van der Waals surface area contributed by atoms with Crippen molar-refractivity contribution in [2.24, 2.45) is 0 Å². The second-order valence-electron chi connectivity index (χ2n) is 4.40. The lowest BCUT2D eigenvalue weighted by Gasteiger charge is -2.12. The van der Waals surface area contributed by atoms with E-state index in [1.807, 2.05) is 25.1 Å². The molecule has 0 amide bonds. The third-order valence-corrected chi connectivity index (χ3v) is 4.72. The Labute approximate surface area is 115 Å². The molecule has 0 aromatic heterocycles. The van der Waals surface area contributed by atoms with Crippen molar-refractivity contribution in [3.05, 3.63) is 29.8 Å². The smallest absolute Gasteiger partial charge is 0.150 e. The van der Waals surface area contributed by atoms with Crippen molar-refractivity contribution in [3.63, 3.8) is 0 Å². The van der Waals surface area contributed by atoms with Crippen LogP contribution in [0.2, 0.25) is 0 Å². The molecule has 0 saturated heterocycles. The summed E-state index contributed by atoms with van der Waals surface area (Å²) in [6, 6.07) is 7.28. The van der Waals surface area contributed by atoms with Crippen LogP contribution in [-0.2, 0) is 9.84 Å². The highest BCUT2D eigenvalue weighted by molar-refractivity contribution is 7.91. The highest BCUT2D eigenvalue weighted by Gasteiger charge is 2.12. The number of aliphatic hydroxyl groups excluding tert-OH is 1. The maximum atomic E-state index is 11.4. The standard InChI is InChI=1S/C14H22O4S/c1-3-18-13-8-5-7-12(11-13)14(15)9-6-10-19(16,17)4-2/h5,7-8,11,14-15H,3-4,6,9-10H2,1-2H3. The van der Waals surface area contributed by atoms with Gasteiger partial charge in [0.1, 0.15) is 15.6 Å². The summed E-state index contributed by atoms with van der Waals surface area (Å²) in [5.41, 5.74) is 0.764. The normalized spacial score (nSPS) is 13.2. The van der Waals surface area contributed by atoms with Crippen molar-refractivity contribution in [1.29, 1.82) is 0 Å². The van der Waals surface area contributed by atoms with Gasteiger partial charge in [-0.3, -0.25) is 0 Å². The van der Waals surface area contributed by atoms with E-state index < -0.39 is 15.9 Å². The largest absolute Gasteiger partial charge is 0.494 e. The van der Waals surface area contributed by atoms with Crippen LogP contribution in [0, 0.1) is 0 Å². The number of benzene rings is 1. The van der Waals surface area contributed by atoms with Gasteiger partial charge < -0.3 is 9.84 Å². The fraction of sp³-hybridized carbons (Fsp3) is 0.571. The zero-order valence-corrected chi connectivity index (χ0v) is 12.3. The summed E-state index contributed by atoms with van der Waals surface area (Å²) in [5, 5.41) is 10.0. The minimum absolute atomic E-state index is 0.131. The van der Waals surface area contributed by atoms with E-state index in [0.29, 0.717) is 19.4 Å². The molecule has 1 atom stereocenters. The SMILES string of the molecule is CCOc1cccc(C(O)CCCS(=O)(=O)CC)c1. The van der Waals surface area contributed by atoms with E-state index in [2.05, 4.69) is 0 Å². The second-order valence-corrected chi connectivity index (χ2v) is 6.87. The first-order valence-corrected chi connectivity index (χ1v) is 8.42. The van der Waals surface area contributed by atoms with E-state index in [0.717, 1.165) is 11.3 Å². The molecule has 108 valence electrons. The van der Waals surface area contributed by atoms with Crippen LogP contribution in [0.4, 0.5) is 0 Å². The van der Waals surface area contributed by atoms with Gasteiger partial charge in [0.05, 0.1) is 18.5 Å². The highest BCUT2D eigenvalue weighted by Crippen LogP contribution is 2.22. The second kappa shape index (κ2) is 7.50. The zero-order chi connectivity index (χ0) is 14.3. The molecule has 1 unspecified atom stereocenters. The first-order valence-electron chi connectivity index (χ1n) is 6.59. The average Bonchev–Trinajstić information content (AvgIpc) is 2.39. The quantitative estimate of drug-likeness (QED) is 0.796. The Kier molecular flexibility index (Phi) is 6.31. The first-order chi connectivity index (χ1) is 8.98. The van der Waals surface area contributed by atoms with Crippen molar-refractivity contribution in [2.45, 2.75) is 32.8 Å². The Balaban J connectivity index is 2.53. The van der Waals surface area contributed by atoms with Crippen LogP contribution in [0.15, 0.2) is 24.3 Å². The summed E-state index contributed by atoms with van der Waals surface area (Å²) in [6.07, 6.45) is 0.262. The molecular weight excluding hydrogens is 264 g/mol. The fourth-order valence-corrected chi connectivity index (χ4v) is 2.68. The van der Waals surface area contributed by atoms with E-state index in [4.69, 9.17) is 4.74 Å². The van der Waals surface area contributed by atoms with Crippen LogP contribution in [0.3, 0.4) is 0 Å². The fourth-order valence-electron chi connectivity index (χ4n) is 1.79. The predicted molar refractivity (Wildman–Crippen MR) is 76.1 cm³/mol. The average molecular weight is 286 g/mol. The van der Waals surface area contributed by atoms with E-state index >= 15 is 0 Å². The number of rotatable bonds is 8. The summed E-state index contributed by atoms with van der Waals surface area (Å²) in [7, 11) is -2.95. The monoisotopic (exact) mass is 286 g/mol. The lowest BCUT2D eigenvalue weighted by molar-refractivity contribution is 0.166. The van der Waals surface area contributed by atoms with E-state index in [1.165, 1.54) is 0 Å². The molecule has 0 saturated carbocycles. The summed E-state index contributed by atoms with van der Waals surface area (Å²) in [4.78, 5) is 0. The lowest BCUT2D eigenvalue weighted by atomic mass is 10.1. The molecule has 0 aliphatic rings. The van der Waals surface area contributed by atoms with E-state index in [1.54, 1.807) is 13.0 Å². The summed E-state index contributed by atoms with van der Waals surface area (Å²) < 4.78 is 28.1. The van der Waals surface area contributed by atoms with E-state index in [9.17, 15) is 13.5 Å². The van der Waals surface area contributed by atoms with Crippen molar-refractivity contribution < 1.29 is 18.3 Å². The first kappa shape index (κ1) is 16.0. The molecule has 0 fully saturated rings. The van der Waals surface area contributed by atoms with Gasteiger partial charge in [-0.15, -0.1) is 0 Å². The van der Waals surface area contributed by atoms with Gasteiger partial charge in [0.25, 0.3) is 0 Å². The summed E-state index contributed by atoms with van der Waals surface area (Å²) in [5.74, 6) is 1.01. The molecule has 4 nitrogen and oxygen atoms in total. The highest BCUT2D eigenvalue weighted by atomic mass is 32.2. The van der Waals surface area contributed by atoms with Crippen LogP contribution in [-0.4, -0.2) is 31.6 Å². The predicted octanol–water partition coefficient (Wildman–Crippen LogP) is 2.33. The number of hydrogen-bond donors (Lipinski definition) is 1. The van der Waals surface area contributed by atoms with Crippen molar-refractivity contribution >= 4 is 9.84 Å². The van der Waals surface area contributed by atoms with Gasteiger partial charge >= 0.3 is 0 Å². The van der Waals surface area contributed by atoms with Gasteiger partial charge in [-0.1, -0.05) is 19.1 Å². The van der Waals surface area contributed by atoms with Gasteiger partial charge in [-0.05, 0) is 37.5 Å². The Bertz CT molecular complexity index is 482. The zero-order valence-electron chi connectivity index (χ0n) is 11.5. The van der Waals surface area contributed by atoms with Crippen molar-refractivity contribution in [2.75, 3.05) is 18.1 Å². The molecule has 0 bridgehead atoms. The third kappa shape index (κ3) is 5.61. The van der Waals surface area contributed by atoms with Gasteiger partial charge in [-0.25, -0.2) is 8.42 Å². The Morgan fingerprint density at radius 1 is 1.32 bits per heavy atom. The number of aliphatic hydroxyl groups is 1. The molecule has 5 heteroatoms. The van der Waals surface area contributed by atoms with Crippen LogP contribution < -0.4 is 4.74 Å². The van der Waals surface area contributed by atoms with Crippen LogP contribution >= 0.6 is 0 Å². The van der Waals surface area contributed by atoms with Gasteiger partial charge in [0, 0.05) is 5.75 Å². The minimum atomic E-state index is -2.95. The molecule has 1 N–H and O–H groups in total. The molecule has 0 aliphatic heterocycles. The third-order valence-electron chi connectivity index (χ3n) is 2.93. The maximum Gasteiger partial charge on any atom is 0.150 e. The summed E-state index contributed by atoms with van der Waals surface area (Å²) >= 11 is 0. The molecule has 0 radical (unpaired) electrons. The van der Waals surface area contributed by atoms with Gasteiger partial charge in [-0.2, -0.15) is 0 Å². The van der Waals surface area contributed by atoms with Gasteiger partial charge in [0.15, 0.2) is 0 Å². The number of hydrogen-bond acceptors (Lipinski definition) is 4. The summed E-state index contributed by atoms with van der Waals surface area (Å²) in [6.45, 7) is 4.12. The van der Waals surface area contributed by atoms with Crippen LogP contribution in [0.1, 0.15) is 38.4 Å². The van der Waals surface area contributed by atoms with Gasteiger partial charge in [0.2, 0.25) is 0 Å². The molecule has 1 aromatic carbocycles. The van der Waals surface area contributed by atoms with Crippen molar-refractivity contribution in [1.82, 2.24) is 0 Å². The van der Waals surface area contributed by atoms with Crippen LogP contribution in [0.25, 0.3) is 0 Å². The topological polar surface area (TPSA) is 63.6 Å². The van der Waals surface area contributed by atoms with Crippen molar-refractivity contribution in [3.8, 4) is 5.75 Å². The molecular formula is C14H22O4S. The molecule has 1 rings (SSSR count). The Hall–Kier alpha value is -1.07. The molecule has 0 heterocycles. The minimum Gasteiger partial charge on any atom is -0.494 e. The lowest BCUT2D eigenvalue weighted by Crippen LogP contribution is -2.10. The van der Waals surface area contributed by atoms with E-state index in [-0.39, 0.29) is 11.5 Å². The Morgan fingerprint density at radius 3 is 2.68 bits per heavy atom. The number of ether oxygens (including phenoxy) is 1. The Morgan fingerprint density at radius 2 is 2.05 bits per heavy atom. The van der Waals surface area contributed by atoms with Crippen LogP contribution in [0.5, 0.6) is 5.75 Å². The molecule has 1 aromatic rings. The molecule has 0 aliphatic carbocycles. The maximum absolute atomic E-state index is 11.4. The number of sulfone groups is 1. The molecule has 19 heavy (non-hydrogen) atoms. The molecule has 0 spiro atoms.